The van der Waals surface area contributed by atoms with Gasteiger partial charge in [0.25, 0.3) is 11.7 Å². The fourth-order valence-electron chi connectivity index (χ4n) is 3.43. The van der Waals surface area contributed by atoms with Gasteiger partial charge in [-0.1, -0.05) is 29.8 Å². The molecule has 1 saturated heterocycles. The van der Waals surface area contributed by atoms with Gasteiger partial charge in [0.05, 0.1) is 5.57 Å². The summed E-state index contributed by atoms with van der Waals surface area (Å²) in [7, 11) is 3.91. The molecule has 1 N–H and O–H groups in total. The molecule has 0 aliphatic carbocycles. The van der Waals surface area contributed by atoms with Gasteiger partial charge >= 0.3 is 0 Å². The average molecular weight is 382 g/mol. The standard InChI is InChI=1S/C22H26N2O4/c1-14-6-9-16(10-7-14)20(25)18-19(17-11-8-15(2)28-17)24(22(27)21(18)26)13-5-12-23(3)4/h6-11,19,25H,5,12-13H2,1-4H3/b20-18+/t19-/m0/s1. The Bertz CT molecular complexity index is 909. The summed E-state index contributed by atoms with van der Waals surface area (Å²) < 4.78 is 5.76. The first-order valence-electron chi connectivity index (χ1n) is 9.36. The summed E-state index contributed by atoms with van der Waals surface area (Å²) in [6, 6.07) is 10.0. The Morgan fingerprint density at radius 1 is 1.11 bits per heavy atom. The van der Waals surface area contributed by atoms with Gasteiger partial charge in [-0.05, 0) is 53.0 Å². The van der Waals surface area contributed by atoms with Crippen molar-refractivity contribution in [1.29, 1.82) is 0 Å². The van der Waals surface area contributed by atoms with Gasteiger partial charge in [-0.15, -0.1) is 0 Å². The van der Waals surface area contributed by atoms with Crippen LogP contribution in [0.1, 0.15) is 35.1 Å². The second kappa shape index (κ2) is 8.02. The third-order valence-corrected chi connectivity index (χ3v) is 4.90. The smallest absolute Gasteiger partial charge is 0.295 e. The maximum absolute atomic E-state index is 12.8. The minimum atomic E-state index is -0.725. The molecular formula is C22H26N2O4. The van der Waals surface area contributed by atoms with Gasteiger partial charge in [0.2, 0.25) is 0 Å². The molecule has 0 saturated carbocycles. The zero-order valence-electron chi connectivity index (χ0n) is 16.7. The summed E-state index contributed by atoms with van der Waals surface area (Å²) >= 11 is 0. The van der Waals surface area contributed by atoms with E-state index in [4.69, 9.17) is 4.42 Å². The summed E-state index contributed by atoms with van der Waals surface area (Å²) in [6.45, 7) is 4.93. The Morgan fingerprint density at radius 3 is 2.36 bits per heavy atom. The molecule has 2 aromatic rings. The number of aryl methyl sites for hydroxylation is 2. The van der Waals surface area contributed by atoms with Crippen LogP contribution in [-0.2, 0) is 9.59 Å². The van der Waals surface area contributed by atoms with Crippen molar-refractivity contribution in [2.24, 2.45) is 0 Å². The number of aliphatic hydroxyl groups excluding tert-OH is 1. The number of amides is 1. The first-order valence-corrected chi connectivity index (χ1v) is 9.36. The maximum atomic E-state index is 12.8. The lowest BCUT2D eigenvalue weighted by atomic mass is 9.99. The molecule has 0 radical (unpaired) electrons. The summed E-state index contributed by atoms with van der Waals surface area (Å²) in [5.41, 5.74) is 1.62. The topological polar surface area (TPSA) is 74.0 Å². The summed E-state index contributed by atoms with van der Waals surface area (Å²) in [5.74, 6) is -0.291. The van der Waals surface area contributed by atoms with Crippen molar-refractivity contribution in [3.05, 3.63) is 64.6 Å². The number of benzene rings is 1. The van der Waals surface area contributed by atoms with Crippen LogP contribution >= 0.6 is 0 Å². The van der Waals surface area contributed by atoms with E-state index in [1.807, 2.05) is 45.0 Å². The number of nitrogens with zero attached hydrogens (tertiary/aromatic N) is 2. The number of furan rings is 1. The molecule has 0 bridgehead atoms. The predicted molar refractivity (Wildman–Crippen MR) is 107 cm³/mol. The lowest BCUT2D eigenvalue weighted by Crippen LogP contribution is -2.32. The fourth-order valence-corrected chi connectivity index (χ4v) is 3.43. The van der Waals surface area contributed by atoms with Gasteiger partial charge in [-0.25, -0.2) is 0 Å². The van der Waals surface area contributed by atoms with Crippen LogP contribution in [0.15, 0.2) is 46.4 Å². The maximum Gasteiger partial charge on any atom is 0.295 e. The van der Waals surface area contributed by atoms with E-state index in [2.05, 4.69) is 0 Å². The van der Waals surface area contributed by atoms with Crippen molar-refractivity contribution < 1.29 is 19.1 Å². The molecule has 1 aliphatic rings. The highest BCUT2D eigenvalue weighted by molar-refractivity contribution is 6.46. The van der Waals surface area contributed by atoms with E-state index in [1.165, 1.54) is 4.90 Å². The lowest BCUT2D eigenvalue weighted by molar-refractivity contribution is -0.140. The van der Waals surface area contributed by atoms with E-state index in [-0.39, 0.29) is 11.3 Å². The third kappa shape index (κ3) is 3.87. The number of likely N-dealkylation sites (tertiary alicyclic amines) is 1. The molecule has 0 unspecified atom stereocenters. The van der Waals surface area contributed by atoms with Gasteiger partial charge in [0.15, 0.2) is 0 Å². The normalized spacial score (nSPS) is 19.0. The van der Waals surface area contributed by atoms with E-state index >= 15 is 0 Å². The first-order chi connectivity index (χ1) is 13.3. The van der Waals surface area contributed by atoms with Gasteiger partial charge in [-0.3, -0.25) is 9.59 Å². The van der Waals surface area contributed by atoms with Crippen LogP contribution in [0.5, 0.6) is 0 Å². The Labute approximate surface area is 165 Å². The van der Waals surface area contributed by atoms with Gasteiger partial charge < -0.3 is 19.3 Å². The number of carbonyl (C=O) groups is 2. The number of aliphatic hydroxyl groups is 1. The van der Waals surface area contributed by atoms with E-state index in [0.29, 0.717) is 30.0 Å². The van der Waals surface area contributed by atoms with Crippen molar-refractivity contribution in [3.63, 3.8) is 0 Å². The zero-order chi connectivity index (χ0) is 20.4. The molecule has 28 heavy (non-hydrogen) atoms. The molecule has 1 atom stereocenters. The molecule has 1 aliphatic heterocycles. The lowest BCUT2D eigenvalue weighted by Gasteiger charge is -2.24. The van der Waals surface area contributed by atoms with Crippen LogP contribution < -0.4 is 0 Å². The summed E-state index contributed by atoms with van der Waals surface area (Å²) in [4.78, 5) is 29.1. The largest absolute Gasteiger partial charge is 0.507 e. The van der Waals surface area contributed by atoms with Gasteiger partial charge in [0, 0.05) is 12.1 Å². The summed E-state index contributed by atoms with van der Waals surface area (Å²) in [5, 5.41) is 10.9. The monoisotopic (exact) mass is 382 g/mol. The highest BCUT2D eigenvalue weighted by atomic mass is 16.3. The second-order valence-corrected chi connectivity index (χ2v) is 7.46. The van der Waals surface area contributed by atoms with Gasteiger partial charge in [-0.2, -0.15) is 0 Å². The fraction of sp³-hybridized carbons (Fsp3) is 0.364. The molecule has 148 valence electrons. The van der Waals surface area contributed by atoms with Crippen molar-refractivity contribution in [2.75, 3.05) is 27.2 Å². The Morgan fingerprint density at radius 2 is 1.79 bits per heavy atom. The molecule has 2 heterocycles. The molecule has 1 aromatic carbocycles. The molecule has 6 heteroatoms. The van der Waals surface area contributed by atoms with Crippen molar-refractivity contribution in [2.45, 2.75) is 26.3 Å². The number of ketones is 1. The van der Waals surface area contributed by atoms with Crippen LogP contribution in [0.4, 0.5) is 0 Å². The molecule has 0 spiro atoms. The number of carbonyl (C=O) groups excluding carboxylic acids is 2. The Kier molecular flexibility index (Phi) is 5.70. The van der Waals surface area contributed by atoms with Crippen LogP contribution in [0.3, 0.4) is 0 Å². The molecule has 3 rings (SSSR count). The number of hydrogen-bond acceptors (Lipinski definition) is 5. The van der Waals surface area contributed by atoms with Crippen molar-refractivity contribution >= 4 is 17.4 Å². The van der Waals surface area contributed by atoms with Crippen LogP contribution in [0, 0.1) is 13.8 Å². The Balaban J connectivity index is 2.05. The first kappa shape index (κ1) is 19.9. The van der Waals surface area contributed by atoms with Crippen LogP contribution in [0.25, 0.3) is 5.76 Å². The Hall–Kier alpha value is -2.86. The SMILES string of the molecule is Cc1ccc(/C(O)=C2\C(=O)C(=O)N(CCCN(C)C)[C@H]2c2ccc(C)o2)cc1. The molecular weight excluding hydrogens is 356 g/mol. The highest BCUT2D eigenvalue weighted by Crippen LogP contribution is 2.40. The molecule has 1 fully saturated rings. The van der Waals surface area contributed by atoms with E-state index in [9.17, 15) is 14.7 Å². The zero-order valence-corrected chi connectivity index (χ0v) is 16.7. The summed E-state index contributed by atoms with van der Waals surface area (Å²) in [6.07, 6.45) is 0.709. The number of Topliss-reactive ketones (excluding diaryl/α,β-unsaturated/α-hetero) is 1. The van der Waals surface area contributed by atoms with Crippen LogP contribution in [0.2, 0.25) is 0 Å². The number of rotatable bonds is 6. The third-order valence-electron chi connectivity index (χ3n) is 4.90. The molecule has 1 aromatic heterocycles. The van der Waals surface area contributed by atoms with Crippen LogP contribution in [-0.4, -0.2) is 53.8 Å². The quantitative estimate of drug-likeness (QED) is 0.472. The minimum Gasteiger partial charge on any atom is -0.507 e. The second-order valence-electron chi connectivity index (χ2n) is 7.46. The van der Waals surface area contributed by atoms with E-state index in [1.54, 1.807) is 24.3 Å². The predicted octanol–water partition coefficient (Wildman–Crippen LogP) is 3.27. The van der Waals surface area contributed by atoms with E-state index < -0.39 is 17.7 Å². The average Bonchev–Trinajstić information content (AvgIpc) is 3.18. The van der Waals surface area contributed by atoms with Crippen molar-refractivity contribution in [1.82, 2.24) is 9.80 Å². The highest BCUT2D eigenvalue weighted by Gasteiger charge is 2.47. The van der Waals surface area contributed by atoms with E-state index in [0.717, 1.165) is 12.1 Å². The minimum absolute atomic E-state index is 0.0769. The van der Waals surface area contributed by atoms with Gasteiger partial charge in [0.1, 0.15) is 23.3 Å². The molecule has 6 nitrogen and oxygen atoms in total. The van der Waals surface area contributed by atoms with Crippen molar-refractivity contribution in [3.8, 4) is 0 Å². The molecule has 1 amide bonds. The number of hydrogen-bond donors (Lipinski definition) is 1.